The second kappa shape index (κ2) is 8.24. The van der Waals surface area contributed by atoms with Crippen molar-refractivity contribution < 1.29 is 9.53 Å². The highest BCUT2D eigenvalue weighted by Crippen LogP contribution is 2.14. The molecule has 0 saturated carbocycles. The molecule has 0 aliphatic heterocycles. The van der Waals surface area contributed by atoms with Crippen LogP contribution in [0.15, 0.2) is 55.0 Å². The molecule has 0 atom stereocenters. The number of amides is 1. The molecule has 0 radical (unpaired) electrons. The van der Waals surface area contributed by atoms with E-state index in [0.717, 1.165) is 5.56 Å². The molecule has 2 aromatic heterocycles. The van der Waals surface area contributed by atoms with E-state index in [-0.39, 0.29) is 12.5 Å². The third-order valence-corrected chi connectivity index (χ3v) is 3.46. The molecule has 3 aromatic rings. The van der Waals surface area contributed by atoms with Crippen LogP contribution in [-0.4, -0.2) is 32.3 Å². The van der Waals surface area contributed by atoms with Crippen LogP contribution in [0.25, 0.3) is 11.4 Å². The molecule has 0 saturated heterocycles. The second-order valence-corrected chi connectivity index (χ2v) is 6.27. The van der Waals surface area contributed by atoms with Crippen molar-refractivity contribution in [2.45, 2.75) is 20.4 Å². The SMILES string of the molecule is CC(C)COc1ccc(NC(=O)Cn2cnc(-c3ccccc3)n2)cn1. The smallest absolute Gasteiger partial charge is 0.246 e. The zero-order valence-electron chi connectivity index (χ0n) is 14.8. The second-order valence-electron chi connectivity index (χ2n) is 6.27. The maximum atomic E-state index is 12.2. The first-order valence-corrected chi connectivity index (χ1v) is 8.44. The lowest BCUT2D eigenvalue weighted by atomic mass is 10.2. The van der Waals surface area contributed by atoms with Gasteiger partial charge in [-0.25, -0.2) is 14.6 Å². The van der Waals surface area contributed by atoms with E-state index in [1.54, 1.807) is 24.7 Å². The summed E-state index contributed by atoms with van der Waals surface area (Å²) in [4.78, 5) is 20.6. The molecule has 1 amide bonds. The van der Waals surface area contributed by atoms with Crippen molar-refractivity contribution in [2.75, 3.05) is 11.9 Å². The summed E-state index contributed by atoms with van der Waals surface area (Å²) in [7, 11) is 0. The van der Waals surface area contributed by atoms with Crippen LogP contribution in [0.1, 0.15) is 13.8 Å². The van der Waals surface area contributed by atoms with E-state index in [4.69, 9.17) is 4.74 Å². The maximum absolute atomic E-state index is 12.2. The van der Waals surface area contributed by atoms with E-state index in [2.05, 4.69) is 34.2 Å². The Morgan fingerprint density at radius 3 is 2.65 bits per heavy atom. The zero-order chi connectivity index (χ0) is 18.4. The van der Waals surface area contributed by atoms with Gasteiger partial charge >= 0.3 is 0 Å². The Hall–Kier alpha value is -3.22. The van der Waals surface area contributed by atoms with Gasteiger partial charge < -0.3 is 10.1 Å². The van der Waals surface area contributed by atoms with Gasteiger partial charge in [-0.2, -0.15) is 5.10 Å². The highest BCUT2D eigenvalue weighted by molar-refractivity contribution is 5.90. The van der Waals surface area contributed by atoms with Gasteiger partial charge in [-0.1, -0.05) is 44.2 Å². The van der Waals surface area contributed by atoms with Crippen LogP contribution in [0.3, 0.4) is 0 Å². The van der Waals surface area contributed by atoms with Crippen LogP contribution in [-0.2, 0) is 11.3 Å². The van der Waals surface area contributed by atoms with E-state index < -0.39 is 0 Å². The van der Waals surface area contributed by atoms with Crippen molar-refractivity contribution >= 4 is 11.6 Å². The number of nitrogens with zero attached hydrogens (tertiary/aromatic N) is 4. The van der Waals surface area contributed by atoms with Gasteiger partial charge in [-0.05, 0) is 12.0 Å². The van der Waals surface area contributed by atoms with Crippen molar-refractivity contribution in [3.63, 3.8) is 0 Å². The molecular weight excluding hydrogens is 330 g/mol. The third kappa shape index (κ3) is 4.89. The molecular formula is C19H21N5O2. The Morgan fingerprint density at radius 2 is 1.96 bits per heavy atom. The van der Waals surface area contributed by atoms with Crippen LogP contribution in [0.4, 0.5) is 5.69 Å². The van der Waals surface area contributed by atoms with E-state index in [9.17, 15) is 4.79 Å². The summed E-state index contributed by atoms with van der Waals surface area (Å²) in [5.74, 6) is 1.36. The minimum atomic E-state index is -0.202. The molecule has 7 nitrogen and oxygen atoms in total. The Kier molecular flexibility index (Phi) is 5.58. The summed E-state index contributed by atoms with van der Waals surface area (Å²) >= 11 is 0. The van der Waals surface area contributed by atoms with Crippen LogP contribution >= 0.6 is 0 Å². The molecule has 0 bridgehead atoms. The Balaban J connectivity index is 1.55. The van der Waals surface area contributed by atoms with Gasteiger partial charge in [0.1, 0.15) is 12.9 Å². The molecule has 0 aliphatic carbocycles. The third-order valence-electron chi connectivity index (χ3n) is 3.46. The number of hydrogen-bond donors (Lipinski definition) is 1. The van der Waals surface area contributed by atoms with Crippen molar-refractivity contribution in [3.8, 4) is 17.3 Å². The number of hydrogen-bond acceptors (Lipinski definition) is 5. The first-order valence-electron chi connectivity index (χ1n) is 8.44. The molecule has 0 unspecified atom stereocenters. The number of ether oxygens (including phenoxy) is 1. The number of anilines is 1. The number of aromatic nitrogens is 4. The summed E-state index contributed by atoms with van der Waals surface area (Å²) in [6.07, 6.45) is 3.12. The molecule has 0 spiro atoms. The number of carbonyl (C=O) groups is 1. The normalized spacial score (nSPS) is 10.7. The lowest BCUT2D eigenvalue weighted by Crippen LogP contribution is -2.19. The summed E-state index contributed by atoms with van der Waals surface area (Å²) in [6, 6.07) is 13.1. The fraction of sp³-hybridized carbons (Fsp3) is 0.263. The average Bonchev–Trinajstić information content (AvgIpc) is 3.10. The number of pyridine rings is 1. The standard InChI is InChI=1S/C19H21N5O2/c1-14(2)12-26-18-9-8-16(10-20-18)22-17(25)11-24-13-21-19(23-24)15-6-4-3-5-7-15/h3-10,13-14H,11-12H2,1-2H3,(H,22,25). The Bertz CT molecular complexity index is 844. The predicted molar refractivity (Wildman–Crippen MR) is 98.7 cm³/mol. The van der Waals surface area contributed by atoms with Gasteiger partial charge in [0.25, 0.3) is 0 Å². The maximum Gasteiger partial charge on any atom is 0.246 e. The average molecular weight is 351 g/mol. The van der Waals surface area contributed by atoms with E-state index in [1.807, 2.05) is 30.3 Å². The minimum absolute atomic E-state index is 0.0748. The first kappa shape index (κ1) is 17.6. The van der Waals surface area contributed by atoms with Crippen molar-refractivity contribution in [1.29, 1.82) is 0 Å². The van der Waals surface area contributed by atoms with E-state index >= 15 is 0 Å². The Labute approximate surface area is 152 Å². The van der Waals surface area contributed by atoms with Gasteiger partial charge in [-0.3, -0.25) is 4.79 Å². The van der Waals surface area contributed by atoms with Gasteiger partial charge in [0, 0.05) is 11.6 Å². The van der Waals surface area contributed by atoms with Crippen LogP contribution in [0, 0.1) is 5.92 Å². The largest absolute Gasteiger partial charge is 0.477 e. The molecule has 0 aliphatic rings. The number of benzene rings is 1. The highest BCUT2D eigenvalue weighted by Gasteiger charge is 2.08. The van der Waals surface area contributed by atoms with Crippen molar-refractivity contribution in [1.82, 2.24) is 19.7 Å². The van der Waals surface area contributed by atoms with E-state index in [0.29, 0.717) is 29.9 Å². The monoisotopic (exact) mass is 351 g/mol. The number of carbonyl (C=O) groups excluding carboxylic acids is 1. The Morgan fingerprint density at radius 1 is 1.15 bits per heavy atom. The molecule has 26 heavy (non-hydrogen) atoms. The summed E-state index contributed by atoms with van der Waals surface area (Å²) in [6.45, 7) is 4.82. The molecule has 1 N–H and O–H groups in total. The zero-order valence-corrected chi connectivity index (χ0v) is 14.8. The summed E-state index contributed by atoms with van der Waals surface area (Å²) in [5, 5.41) is 7.11. The lowest BCUT2D eigenvalue weighted by Gasteiger charge is -2.09. The molecule has 3 rings (SSSR count). The van der Waals surface area contributed by atoms with Crippen LogP contribution < -0.4 is 10.1 Å². The molecule has 7 heteroatoms. The summed E-state index contributed by atoms with van der Waals surface area (Å²) < 4.78 is 7.03. The van der Waals surface area contributed by atoms with Gasteiger partial charge in [0.05, 0.1) is 18.5 Å². The van der Waals surface area contributed by atoms with Gasteiger partial charge in [0.2, 0.25) is 11.8 Å². The fourth-order valence-corrected chi connectivity index (χ4v) is 2.23. The topological polar surface area (TPSA) is 81.9 Å². The first-order chi connectivity index (χ1) is 12.6. The van der Waals surface area contributed by atoms with Crippen molar-refractivity contribution in [3.05, 3.63) is 55.0 Å². The molecule has 1 aromatic carbocycles. The van der Waals surface area contributed by atoms with E-state index in [1.165, 1.54) is 4.68 Å². The lowest BCUT2D eigenvalue weighted by molar-refractivity contribution is -0.116. The highest BCUT2D eigenvalue weighted by atomic mass is 16.5. The minimum Gasteiger partial charge on any atom is -0.477 e. The van der Waals surface area contributed by atoms with Crippen LogP contribution in [0.2, 0.25) is 0 Å². The molecule has 2 heterocycles. The molecule has 0 fully saturated rings. The number of nitrogens with one attached hydrogen (secondary N) is 1. The number of rotatable bonds is 7. The van der Waals surface area contributed by atoms with Gasteiger partial charge in [-0.15, -0.1) is 0 Å². The summed E-state index contributed by atoms with van der Waals surface area (Å²) in [5.41, 5.74) is 1.52. The fourth-order valence-electron chi connectivity index (χ4n) is 2.23. The predicted octanol–water partition coefficient (Wildman–Crippen LogP) is 3.01. The molecule has 134 valence electrons. The van der Waals surface area contributed by atoms with Crippen LogP contribution in [0.5, 0.6) is 5.88 Å². The van der Waals surface area contributed by atoms with Crippen molar-refractivity contribution in [2.24, 2.45) is 5.92 Å². The quantitative estimate of drug-likeness (QED) is 0.707. The van der Waals surface area contributed by atoms with Gasteiger partial charge in [0.15, 0.2) is 5.82 Å².